The number of halogens is 1. The van der Waals surface area contributed by atoms with E-state index in [4.69, 9.17) is 9.47 Å². The summed E-state index contributed by atoms with van der Waals surface area (Å²) in [6.07, 6.45) is 2.69. The van der Waals surface area contributed by atoms with Crippen molar-refractivity contribution in [3.05, 3.63) is 48.5 Å². The van der Waals surface area contributed by atoms with Crippen molar-refractivity contribution in [2.45, 2.75) is 32.8 Å². The molecule has 30 heavy (non-hydrogen) atoms. The minimum Gasteiger partial charge on any atom is -0.453 e. The van der Waals surface area contributed by atoms with Gasteiger partial charge in [0.15, 0.2) is 11.6 Å². The van der Waals surface area contributed by atoms with Crippen LogP contribution in [0.15, 0.2) is 42.7 Å². The largest absolute Gasteiger partial charge is 0.453 e. The molecule has 2 aromatic heterocycles. The van der Waals surface area contributed by atoms with Crippen molar-refractivity contribution in [1.29, 1.82) is 0 Å². The van der Waals surface area contributed by atoms with Crippen molar-refractivity contribution < 1.29 is 23.5 Å². The lowest BCUT2D eigenvalue weighted by molar-refractivity contribution is -0.116. The van der Waals surface area contributed by atoms with Gasteiger partial charge in [0.05, 0.1) is 5.39 Å². The van der Waals surface area contributed by atoms with Crippen LogP contribution in [0.4, 0.5) is 14.9 Å². The lowest BCUT2D eigenvalue weighted by Gasteiger charge is -2.19. The number of fused-ring (bicyclic) bond motifs is 1. The molecule has 158 valence electrons. The van der Waals surface area contributed by atoms with E-state index in [1.807, 2.05) is 0 Å². The van der Waals surface area contributed by atoms with Gasteiger partial charge in [-0.25, -0.2) is 14.2 Å². The molecule has 2 heterocycles. The molecule has 1 aromatic carbocycles. The van der Waals surface area contributed by atoms with Gasteiger partial charge in [0.2, 0.25) is 5.91 Å². The molecule has 0 saturated carbocycles. The number of nitrogens with zero attached hydrogens (tertiary/aromatic N) is 1. The molecule has 0 spiro atoms. The molecule has 0 saturated heterocycles. The number of rotatable bonds is 6. The van der Waals surface area contributed by atoms with Crippen LogP contribution in [0.1, 0.15) is 27.2 Å². The van der Waals surface area contributed by atoms with E-state index >= 15 is 0 Å². The van der Waals surface area contributed by atoms with Gasteiger partial charge < -0.3 is 25.1 Å². The SMILES string of the molecule is CC(C)(C)OC(=O)NCCC(=O)Nc1ccc(Oc2ccnc3[nH]ccc23)c(F)c1. The predicted octanol–water partition coefficient (Wildman–Crippen LogP) is 4.35. The summed E-state index contributed by atoms with van der Waals surface area (Å²) in [5.41, 5.74) is 0.303. The van der Waals surface area contributed by atoms with Crippen molar-refractivity contribution in [2.24, 2.45) is 0 Å². The van der Waals surface area contributed by atoms with E-state index in [0.29, 0.717) is 11.4 Å². The Hall–Kier alpha value is -3.62. The third kappa shape index (κ3) is 5.69. The number of pyridine rings is 1. The zero-order chi connectivity index (χ0) is 21.7. The van der Waals surface area contributed by atoms with E-state index in [1.165, 1.54) is 18.2 Å². The molecule has 0 aliphatic heterocycles. The zero-order valence-electron chi connectivity index (χ0n) is 16.9. The second-order valence-electron chi connectivity index (χ2n) is 7.52. The third-order valence-corrected chi connectivity index (χ3v) is 3.88. The second-order valence-corrected chi connectivity index (χ2v) is 7.52. The molecule has 9 heteroatoms. The van der Waals surface area contributed by atoms with E-state index in [2.05, 4.69) is 20.6 Å². The average Bonchev–Trinajstić information content (AvgIpc) is 3.12. The molecule has 0 fully saturated rings. The predicted molar refractivity (Wildman–Crippen MR) is 110 cm³/mol. The first-order valence-electron chi connectivity index (χ1n) is 9.37. The van der Waals surface area contributed by atoms with Crippen LogP contribution in [0, 0.1) is 5.82 Å². The fourth-order valence-corrected chi connectivity index (χ4v) is 2.62. The summed E-state index contributed by atoms with van der Waals surface area (Å²) in [6, 6.07) is 7.57. The van der Waals surface area contributed by atoms with Crippen LogP contribution in [0.3, 0.4) is 0 Å². The van der Waals surface area contributed by atoms with Crippen LogP contribution < -0.4 is 15.4 Å². The Labute approximate surface area is 172 Å². The number of anilines is 1. The minimum atomic E-state index is -0.625. The maximum atomic E-state index is 14.5. The summed E-state index contributed by atoms with van der Waals surface area (Å²) in [6.45, 7) is 5.34. The van der Waals surface area contributed by atoms with Gasteiger partial charge in [0.1, 0.15) is 17.0 Å². The Morgan fingerprint density at radius 1 is 1.17 bits per heavy atom. The standard InChI is InChI=1S/C21H23FN4O4/c1-21(2,3)30-20(28)25-11-8-18(27)26-13-4-5-17(15(22)12-13)29-16-7-10-24-19-14(16)6-9-23-19/h4-7,9-10,12H,8,11H2,1-3H3,(H,23,24)(H,25,28)(H,26,27). The first-order valence-corrected chi connectivity index (χ1v) is 9.37. The highest BCUT2D eigenvalue weighted by Gasteiger charge is 2.16. The molecule has 8 nitrogen and oxygen atoms in total. The summed E-state index contributed by atoms with van der Waals surface area (Å²) < 4.78 is 25.2. The Morgan fingerprint density at radius 3 is 2.70 bits per heavy atom. The fraction of sp³-hybridized carbons (Fsp3) is 0.286. The number of carbonyl (C=O) groups excluding carboxylic acids is 2. The number of alkyl carbamates (subject to hydrolysis) is 1. The summed E-state index contributed by atoms with van der Waals surface area (Å²) >= 11 is 0. The maximum absolute atomic E-state index is 14.5. The molecule has 0 aliphatic carbocycles. The Bertz CT molecular complexity index is 1060. The minimum absolute atomic E-state index is 0.0155. The van der Waals surface area contributed by atoms with E-state index in [9.17, 15) is 14.0 Å². The molecule has 0 atom stereocenters. The van der Waals surface area contributed by atoms with E-state index in [-0.39, 0.29) is 30.3 Å². The third-order valence-electron chi connectivity index (χ3n) is 3.88. The fourth-order valence-electron chi connectivity index (χ4n) is 2.62. The topological polar surface area (TPSA) is 105 Å². The molecule has 0 radical (unpaired) electrons. The summed E-state index contributed by atoms with van der Waals surface area (Å²) in [5, 5.41) is 5.80. The number of amides is 2. The van der Waals surface area contributed by atoms with Crippen molar-refractivity contribution in [1.82, 2.24) is 15.3 Å². The number of nitrogens with one attached hydrogen (secondary N) is 3. The zero-order valence-corrected chi connectivity index (χ0v) is 16.9. The number of carbonyl (C=O) groups is 2. The summed E-state index contributed by atoms with van der Waals surface area (Å²) in [4.78, 5) is 30.7. The molecule has 0 unspecified atom stereocenters. The highest BCUT2D eigenvalue weighted by molar-refractivity contribution is 5.91. The van der Waals surface area contributed by atoms with Gasteiger partial charge >= 0.3 is 6.09 Å². The van der Waals surface area contributed by atoms with Gasteiger partial charge in [-0.05, 0) is 45.0 Å². The number of hydrogen-bond acceptors (Lipinski definition) is 5. The molecule has 3 rings (SSSR count). The van der Waals surface area contributed by atoms with Gasteiger partial charge in [0, 0.05) is 37.1 Å². The van der Waals surface area contributed by atoms with E-state index in [0.717, 1.165) is 5.39 Å². The van der Waals surface area contributed by atoms with Gasteiger partial charge in [-0.3, -0.25) is 4.79 Å². The van der Waals surface area contributed by atoms with Crippen LogP contribution in [0.25, 0.3) is 11.0 Å². The number of hydrogen-bond donors (Lipinski definition) is 3. The van der Waals surface area contributed by atoms with Crippen LogP contribution in [-0.2, 0) is 9.53 Å². The number of ether oxygens (including phenoxy) is 2. The lowest BCUT2D eigenvalue weighted by atomic mass is 10.2. The normalized spacial score (nSPS) is 11.2. The molecule has 0 bridgehead atoms. The van der Waals surface area contributed by atoms with Crippen molar-refractivity contribution in [2.75, 3.05) is 11.9 Å². The number of aromatic amines is 1. The lowest BCUT2D eigenvalue weighted by Crippen LogP contribution is -2.34. The average molecular weight is 414 g/mol. The Morgan fingerprint density at radius 2 is 1.97 bits per heavy atom. The number of aromatic nitrogens is 2. The Kier molecular flexibility index (Phi) is 6.20. The van der Waals surface area contributed by atoms with E-state index in [1.54, 1.807) is 45.3 Å². The molecule has 3 N–H and O–H groups in total. The summed E-state index contributed by atoms with van der Waals surface area (Å²) in [7, 11) is 0. The number of H-pyrrole nitrogens is 1. The highest BCUT2D eigenvalue weighted by Crippen LogP contribution is 2.31. The van der Waals surface area contributed by atoms with Crippen LogP contribution >= 0.6 is 0 Å². The van der Waals surface area contributed by atoms with Gasteiger partial charge in [0.25, 0.3) is 0 Å². The van der Waals surface area contributed by atoms with Crippen LogP contribution in [0.5, 0.6) is 11.5 Å². The highest BCUT2D eigenvalue weighted by atomic mass is 19.1. The molecular weight excluding hydrogens is 391 g/mol. The number of benzene rings is 1. The Balaban J connectivity index is 1.54. The van der Waals surface area contributed by atoms with Gasteiger partial charge in [-0.15, -0.1) is 0 Å². The van der Waals surface area contributed by atoms with Crippen molar-refractivity contribution >= 4 is 28.7 Å². The molecule has 0 aliphatic rings. The van der Waals surface area contributed by atoms with Crippen LogP contribution in [-0.4, -0.2) is 34.1 Å². The molecule has 3 aromatic rings. The maximum Gasteiger partial charge on any atom is 0.407 e. The first-order chi connectivity index (χ1) is 14.2. The molecule has 2 amide bonds. The van der Waals surface area contributed by atoms with Gasteiger partial charge in [-0.2, -0.15) is 0 Å². The van der Waals surface area contributed by atoms with Gasteiger partial charge in [-0.1, -0.05) is 0 Å². The quantitative estimate of drug-likeness (QED) is 0.556. The smallest absolute Gasteiger partial charge is 0.407 e. The first kappa shape index (κ1) is 21.1. The van der Waals surface area contributed by atoms with Crippen LogP contribution in [0.2, 0.25) is 0 Å². The van der Waals surface area contributed by atoms with E-state index < -0.39 is 17.5 Å². The monoisotopic (exact) mass is 414 g/mol. The second kappa shape index (κ2) is 8.81. The molecular formula is C21H23FN4O4. The summed E-state index contributed by atoms with van der Waals surface area (Å²) in [5.74, 6) is -0.513. The van der Waals surface area contributed by atoms with Crippen molar-refractivity contribution in [3.8, 4) is 11.5 Å². The van der Waals surface area contributed by atoms with Crippen molar-refractivity contribution in [3.63, 3.8) is 0 Å².